The van der Waals surface area contributed by atoms with Crippen LogP contribution in [0.25, 0.3) is 0 Å². The van der Waals surface area contributed by atoms with Gasteiger partial charge in [-0.3, -0.25) is 9.59 Å². The molecule has 29 heavy (non-hydrogen) atoms. The molecule has 0 aliphatic heterocycles. The number of nitrogens with zero attached hydrogens (tertiary/aromatic N) is 1. The molecule has 0 aromatic heterocycles. The van der Waals surface area contributed by atoms with Crippen molar-refractivity contribution in [2.75, 3.05) is 47.9 Å². The zero-order valence-electron chi connectivity index (χ0n) is 17.5. The van der Waals surface area contributed by atoms with Crippen LogP contribution in [0.1, 0.15) is 26.3 Å². The summed E-state index contributed by atoms with van der Waals surface area (Å²) < 4.78 is 10.5. The summed E-state index contributed by atoms with van der Waals surface area (Å²) in [6.45, 7) is 1.77. The Labute approximate surface area is 172 Å². The van der Waals surface area contributed by atoms with Gasteiger partial charge in [0.05, 0.1) is 14.2 Å². The summed E-state index contributed by atoms with van der Waals surface area (Å²) in [7, 11) is 7.07. The molecule has 0 saturated carbocycles. The maximum absolute atomic E-state index is 12.4. The van der Waals surface area contributed by atoms with E-state index in [4.69, 9.17) is 9.47 Å². The van der Waals surface area contributed by atoms with Gasteiger partial charge in [0.2, 0.25) is 0 Å². The monoisotopic (exact) mass is 399 g/mol. The molecule has 0 bridgehead atoms. The SMILES string of the molecule is COc1ccc(CCNC(=O)c2cccc(C(=O)NCCN(C)C)c2)cc1OC. The number of methoxy groups -OCH3 is 2. The van der Waals surface area contributed by atoms with Crippen LogP contribution in [0.15, 0.2) is 42.5 Å². The first-order chi connectivity index (χ1) is 13.9. The summed E-state index contributed by atoms with van der Waals surface area (Å²) in [6.07, 6.45) is 0.650. The number of carbonyl (C=O) groups excluding carboxylic acids is 2. The lowest BCUT2D eigenvalue weighted by Crippen LogP contribution is -2.31. The van der Waals surface area contributed by atoms with Crippen LogP contribution in [0.5, 0.6) is 11.5 Å². The number of hydrogen-bond donors (Lipinski definition) is 2. The number of hydrogen-bond acceptors (Lipinski definition) is 5. The van der Waals surface area contributed by atoms with E-state index in [-0.39, 0.29) is 11.8 Å². The van der Waals surface area contributed by atoms with Crippen LogP contribution in [0, 0.1) is 0 Å². The second-order valence-electron chi connectivity index (χ2n) is 6.84. The van der Waals surface area contributed by atoms with Gasteiger partial charge in [0.1, 0.15) is 0 Å². The molecule has 2 aromatic carbocycles. The number of likely N-dealkylation sites (N-methyl/N-ethyl adjacent to an activating group) is 1. The molecule has 2 amide bonds. The van der Waals surface area contributed by atoms with Gasteiger partial charge < -0.3 is 25.0 Å². The van der Waals surface area contributed by atoms with E-state index in [0.29, 0.717) is 42.1 Å². The standard InChI is InChI=1S/C22H29N3O4/c1-25(2)13-12-24-22(27)18-7-5-6-17(15-18)21(26)23-11-10-16-8-9-19(28-3)20(14-16)29-4/h5-9,14-15H,10-13H2,1-4H3,(H,23,26)(H,24,27). The Bertz CT molecular complexity index is 837. The fourth-order valence-electron chi connectivity index (χ4n) is 2.76. The molecular formula is C22H29N3O4. The van der Waals surface area contributed by atoms with Crippen molar-refractivity contribution >= 4 is 11.8 Å². The molecule has 2 N–H and O–H groups in total. The molecule has 0 radical (unpaired) electrons. The van der Waals surface area contributed by atoms with E-state index in [1.165, 1.54) is 0 Å². The zero-order valence-corrected chi connectivity index (χ0v) is 17.5. The minimum absolute atomic E-state index is 0.188. The zero-order chi connectivity index (χ0) is 21.2. The molecule has 0 atom stereocenters. The van der Waals surface area contributed by atoms with Crippen molar-refractivity contribution < 1.29 is 19.1 Å². The molecule has 0 spiro atoms. The maximum atomic E-state index is 12.4. The lowest BCUT2D eigenvalue weighted by atomic mass is 10.1. The summed E-state index contributed by atoms with van der Waals surface area (Å²) in [5.41, 5.74) is 1.95. The summed E-state index contributed by atoms with van der Waals surface area (Å²) in [4.78, 5) is 26.7. The van der Waals surface area contributed by atoms with Crippen LogP contribution in [-0.2, 0) is 6.42 Å². The molecule has 0 unspecified atom stereocenters. The first-order valence-corrected chi connectivity index (χ1v) is 9.46. The van der Waals surface area contributed by atoms with Crippen LogP contribution >= 0.6 is 0 Å². The van der Waals surface area contributed by atoms with E-state index in [9.17, 15) is 9.59 Å². The van der Waals surface area contributed by atoms with Gasteiger partial charge in [-0.25, -0.2) is 0 Å². The molecule has 2 rings (SSSR count). The second kappa shape index (κ2) is 11.1. The van der Waals surface area contributed by atoms with Gasteiger partial charge in [0, 0.05) is 30.8 Å². The predicted octanol–water partition coefficient (Wildman–Crippen LogP) is 1.97. The van der Waals surface area contributed by atoms with Crippen LogP contribution in [0.4, 0.5) is 0 Å². The third-order valence-electron chi connectivity index (χ3n) is 4.38. The van der Waals surface area contributed by atoms with Gasteiger partial charge in [-0.1, -0.05) is 12.1 Å². The Hall–Kier alpha value is -3.06. The fraction of sp³-hybridized carbons (Fsp3) is 0.364. The lowest BCUT2D eigenvalue weighted by Gasteiger charge is -2.11. The number of benzene rings is 2. The Morgan fingerprint density at radius 2 is 1.48 bits per heavy atom. The lowest BCUT2D eigenvalue weighted by molar-refractivity contribution is 0.0951. The van der Waals surface area contributed by atoms with E-state index in [1.807, 2.05) is 37.2 Å². The predicted molar refractivity (Wildman–Crippen MR) is 113 cm³/mol. The van der Waals surface area contributed by atoms with Crippen LogP contribution in [-0.4, -0.2) is 64.7 Å². The van der Waals surface area contributed by atoms with Crippen molar-refractivity contribution in [2.24, 2.45) is 0 Å². The maximum Gasteiger partial charge on any atom is 0.251 e. The number of nitrogens with one attached hydrogen (secondary N) is 2. The summed E-state index contributed by atoms with van der Waals surface area (Å²) in [6, 6.07) is 12.4. The van der Waals surface area contributed by atoms with Gasteiger partial charge >= 0.3 is 0 Å². The molecule has 0 aliphatic carbocycles. The highest BCUT2D eigenvalue weighted by atomic mass is 16.5. The number of carbonyl (C=O) groups is 2. The topological polar surface area (TPSA) is 79.9 Å². The average molecular weight is 399 g/mol. The molecule has 0 saturated heterocycles. The molecule has 2 aromatic rings. The Balaban J connectivity index is 1.90. The fourth-order valence-corrected chi connectivity index (χ4v) is 2.76. The number of ether oxygens (including phenoxy) is 2. The summed E-state index contributed by atoms with van der Waals surface area (Å²) >= 11 is 0. The van der Waals surface area contributed by atoms with Crippen molar-refractivity contribution in [3.05, 3.63) is 59.2 Å². The van der Waals surface area contributed by atoms with E-state index in [2.05, 4.69) is 10.6 Å². The minimum Gasteiger partial charge on any atom is -0.493 e. The molecule has 7 heteroatoms. The molecule has 0 fully saturated rings. The summed E-state index contributed by atoms with van der Waals surface area (Å²) in [5.74, 6) is 0.922. The highest BCUT2D eigenvalue weighted by Gasteiger charge is 2.11. The first-order valence-electron chi connectivity index (χ1n) is 9.46. The van der Waals surface area contributed by atoms with Crippen molar-refractivity contribution in [3.8, 4) is 11.5 Å². The normalized spacial score (nSPS) is 10.5. The van der Waals surface area contributed by atoms with Gasteiger partial charge in [-0.2, -0.15) is 0 Å². The molecule has 156 valence electrons. The van der Waals surface area contributed by atoms with E-state index >= 15 is 0 Å². The van der Waals surface area contributed by atoms with Crippen LogP contribution < -0.4 is 20.1 Å². The van der Waals surface area contributed by atoms with Crippen molar-refractivity contribution in [3.63, 3.8) is 0 Å². The average Bonchev–Trinajstić information content (AvgIpc) is 2.73. The Kier molecular flexibility index (Phi) is 8.48. The first kappa shape index (κ1) is 22.2. The largest absolute Gasteiger partial charge is 0.493 e. The molecule has 0 aliphatic rings. The Morgan fingerprint density at radius 3 is 2.07 bits per heavy atom. The Morgan fingerprint density at radius 1 is 0.862 bits per heavy atom. The third-order valence-corrected chi connectivity index (χ3v) is 4.38. The smallest absolute Gasteiger partial charge is 0.251 e. The van der Waals surface area contributed by atoms with Crippen molar-refractivity contribution in [1.29, 1.82) is 0 Å². The number of rotatable bonds is 10. The van der Waals surface area contributed by atoms with Gasteiger partial charge in [0.25, 0.3) is 11.8 Å². The quantitative estimate of drug-likeness (QED) is 0.639. The highest BCUT2D eigenvalue weighted by molar-refractivity contribution is 5.99. The van der Waals surface area contributed by atoms with Gasteiger partial charge in [-0.15, -0.1) is 0 Å². The summed E-state index contributed by atoms with van der Waals surface area (Å²) in [5, 5.41) is 5.74. The van der Waals surface area contributed by atoms with E-state index in [1.54, 1.807) is 38.5 Å². The van der Waals surface area contributed by atoms with Crippen LogP contribution in [0.2, 0.25) is 0 Å². The molecule has 0 heterocycles. The van der Waals surface area contributed by atoms with Crippen LogP contribution in [0.3, 0.4) is 0 Å². The van der Waals surface area contributed by atoms with Gasteiger partial charge in [0.15, 0.2) is 11.5 Å². The van der Waals surface area contributed by atoms with Gasteiger partial charge in [-0.05, 0) is 56.4 Å². The second-order valence-corrected chi connectivity index (χ2v) is 6.84. The van der Waals surface area contributed by atoms with E-state index < -0.39 is 0 Å². The van der Waals surface area contributed by atoms with E-state index in [0.717, 1.165) is 12.1 Å². The molecular weight excluding hydrogens is 370 g/mol. The minimum atomic E-state index is -0.214. The van der Waals surface area contributed by atoms with Crippen molar-refractivity contribution in [2.45, 2.75) is 6.42 Å². The highest BCUT2D eigenvalue weighted by Crippen LogP contribution is 2.27. The third kappa shape index (κ3) is 6.80. The van der Waals surface area contributed by atoms with Crippen molar-refractivity contribution in [1.82, 2.24) is 15.5 Å². The number of amides is 2. The molecule has 7 nitrogen and oxygen atoms in total.